The van der Waals surface area contributed by atoms with Gasteiger partial charge in [-0.2, -0.15) is 0 Å². The van der Waals surface area contributed by atoms with Crippen molar-refractivity contribution in [3.8, 4) is 5.75 Å². The summed E-state index contributed by atoms with van der Waals surface area (Å²) in [6.45, 7) is 5.30. The molecule has 0 radical (unpaired) electrons. The number of hydrogen-bond acceptors (Lipinski definition) is 2. The fourth-order valence-corrected chi connectivity index (χ4v) is 1.96. The van der Waals surface area contributed by atoms with E-state index in [0.717, 1.165) is 30.4 Å². The maximum Gasteiger partial charge on any atom is 0.140 e. The van der Waals surface area contributed by atoms with Crippen molar-refractivity contribution in [3.63, 3.8) is 0 Å². The lowest BCUT2D eigenvalue weighted by molar-refractivity contribution is 0.178. The second-order valence-electron chi connectivity index (χ2n) is 5.15. The number of rotatable bonds is 5. The first-order valence-corrected chi connectivity index (χ1v) is 6.32. The summed E-state index contributed by atoms with van der Waals surface area (Å²) in [7, 11) is 0. The Hall–Kier alpha value is -1.05. The van der Waals surface area contributed by atoms with Gasteiger partial charge in [0.1, 0.15) is 5.75 Å². The molecule has 1 heterocycles. The van der Waals surface area contributed by atoms with Crippen LogP contribution in [0.5, 0.6) is 5.75 Å². The minimum Gasteiger partial charge on any atom is -0.491 e. The van der Waals surface area contributed by atoms with Gasteiger partial charge in [-0.15, -0.1) is 0 Å². The molecule has 0 unspecified atom stereocenters. The van der Waals surface area contributed by atoms with Gasteiger partial charge in [-0.25, -0.2) is 0 Å². The van der Waals surface area contributed by atoms with Gasteiger partial charge >= 0.3 is 0 Å². The van der Waals surface area contributed by atoms with Gasteiger partial charge in [-0.3, -0.25) is 4.98 Å². The molecule has 1 aromatic heterocycles. The third-order valence-corrected chi connectivity index (χ3v) is 3.15. The third kappa shape index (κ3) is 2.97. The fraction of sp³-hybridized carbons (Fsp3) is 0.643. The third-order valence-electron chi connectivity index (χ3n) is 3.15. The summed E-state index contributed by atoms with van der Waals surface area (Å²) in [6.07, 6.45) is 6.90. The molecule has 1 saturated carbocycles. The first-order chi connectivity index (χ1) is 7.75. The standard InChI is InChI=1S/C14H21NO/c1-11(2)9-13-14(7-4-8-15-13)16-10-12-5-3-6-12/h4,7-8,11-12H,3,5-6,9-10H2,1-2H3. The van der Waals surface area contributed by atoms with E-state index >= 15 is 0 Å². The number of aromatic nitrogens is 1. The normalized spacial score (nSPS) is 16.2. The molecule has 0 saturated heterocycles. The van der Waals surface area contributed by atoms with Gasteiger partial charge in [0.2, 0.25) is 0 Å². The summed E-state index contributed by atoms with van der Waals surface area (Å²) in [5, 5.41) is 0. The van der Waals surface area contributed by atoms with Crippen LogP contribution in [0.15, 0.2) is 18.3 Å². The van der Waals surface area contributed by atoms with Crippen molar-refractivity contribution in [1.82, 2.24) is 4.98 Å². The molecule has 2 rings (SSSR count). The van der Waals surface area contributed by atoms with Gasteiger partial charge in [-0.1, -0.05) is 20.3 Å². The number of pyridine rings is 1. The highest BCUT2D eigenvalue weighted by Gasteiger charge is 2.18. The lowest BCUT2D eigenvalue weighted by Crippen LogP contribution is -2.19. The highest BCUT2D eigenvalue weighted by Crippen LogP contribution is 2.28. The Kier molecular flexibility index (Phi) is 3.81. The van der Waals surface area contributed by atoms with Crippen LogP contribution in [0.1, 0.15) is 38.8 Å². The predicted molar refractivity (Wildman–Crippen MR) is 65.6 cm³/mol. The Morgan fingerprint density at radius 1 is 1.44 bits per heavy atom. The molecule has 1 aliphatic rings. The van der Waals surface area contributed by atoms with Crippen LogP contribution in [0.3, 0.4) is 0 Å². The van der Waals surface area contributed by atoms with E-state index in [4.69, 9.17) is 4.74 Å². The predicted octanol–water partition coefficient (Wildman–Crippen LogP) is 3.46. The van der Waals surface area contributed by atoms with Gasteiger partial charge in [-0.05, 0) is 43.2 Å². The average Bonchev–Trinajstić information content (AvgIpc) is 2.17. The van der Waals surface area contributed by atoms with Crippen LogP contribution in [0.4, 0.5) is 0 Å². The van der Waals surface area contributed by atoms with Gasteiger partial charge in [0.25, 0.3) is 0 Å². The fourth-order valence-electron chi connectivity index (χ4n) is 1.96. The van der Waals surface area contributed by atoms with E-state index in [-0.39, 0.29) is 0 Å². The van der Waals surface area contributed by atoms with E-state index in [1.54, 1.807) is 0 Å². The molecule has 0 N–H and O–H groups in total. The van der Waals surface area contributed by atoms with Crippen molar-refractivity contribution in [3.05, 3.63) is 24.0 Å². The van der Waals surface area contributed by atoms with Crippen molar-refractivity contribution >= 4 is 0 Å². The Bertz CT molecular complexity index is 331. The van der Waals surface area contributed by atoms with Gasteiger partial charge in [0.15, 0.2) is 0 Å². The number of nitrogens with zero attached hydrogens (tertiary/aromatic N) is 1. The SMILES string of the molecule is CC(C)Cc1ncccc1OCC1CCC1. The average molecular weight is 219 g/mol. The zero-order valence-corrected chi connectivity index (χ0v) is 10.3. The van der Waals surface area contributed by atoms with E-state index in [0.29, 0.717) is 5.92 Å². The molecular weight excluding hydrogens is 198 g/mol. The van der Waals surface area contributed by atoms with Crippen LogP contribution in [-0.4, -0.2) is 11.6 Å². The molecule has 88 valence electrons. The van der Waals surface area contributed by atoms with Crippen LogP contribution in [0.25, 0.3) is 0 Å². The Balaban J connectivity index is 1.94. The summed E-state index contributed by atoms with van der Waals surface area (Å²) in [5.41, 5.74) is 1.11. The minimum absolute atomic E-state index is 0.626. The quantitative estimate of drug-likeness (QED) is 0.756. The number of hydrogen-bond donors (Lipinski definition) is 0. The summed E-state index contributed by atoms with van der Waals surface area (Å²) >= 11 is 0. The van der Waals surface area contributed by atoms with E-state index in [2.05, 4.69) is 18.8 Å². The molecule has 1 aromatic rings. The van der Waals surface area contributed by atoms with Gasteiger partial charge in [0.05, 0.1) is 12.3 Å². The van der Waals surface area contributed by atoms with E-state index < -0.39 is 0 Å². The molecule has 0 spiro atoms. The first-order valence-electron chi connectivity index (χ1n) is 6.32. The van der Waals surface area contributed by atoms with Crippen LogP contribution >= 0.6 is 0 Å². The summed E-state index contributed by atoms with van der Waals surface area (Å²) in [6, 6.07) is 4.00. The molecule has 0 atom stereocenters. The zero-order valence-electron chi connectivity index (χ0n) is 10.3. The van der Waals surface area contributed by atoms with Crippen molar-refractivity contribution < 1.29 is 4.74 Å². The molecule has 0 amide bonds. The molecule has 1 fully saturated rings. The monoisotopic (exact) mass is 219 g/mol. The Labute approximate surface area is 98.0 Å². The van der Waals surface area contributed by atoms with Crippen molar-refractivity contribution in [2.75, 3.05) is 6.61 Å². The first kappa shape index (κ1) is 11.4. The summed E-state index contributed by atoms with van der Waals surface area (Å²) in [5.74, 6) is 2.40. The lowest BCUT2D eigenvalue weighted by atomic mass is 9.86. The largest absolute Gasteiger partial charge is 0.491 e. The molecule has 2 heteroatoms. The van der Waals surface area contributed by atoms with E-state index in [1.807, 2.05) is 18.3 Å². The molecule has 2 nitrogen and oxygen atoms in total. The molecule has 0 bridgehead atoms. The molecule has 1 aliphatic carbocycles. The minimum atomic E-state index is 0.626. The summed E-state index contributed by atoms with van der Waals surface area (Å²) < 4.78 is 5.88. The topological polar surface area (TPSA) is 22.1 Å². The van der Waals surface area contributed by atoms with E-state index in [1.165, 1.54) is 19.3 Å². The molecule has 0 aromatic carbocycles. The highest BCUT2D eigenvalue weighted by molar-refractivity contribution is 5.27. The van der Waals surface area contributed by atoms with Crippen LogP contribution in [-0.2, 0) is 6.42 Å². The molecule has 16 heavy (non-hydrogen) atoms. The lowest BCUT2D eigenvalue weighted by Gasteiger charge is -2.25. The van der Waals surface area contributed by atoms with Gasteiger partial charge in [0, 0.05) is 6.20 Å². The Morgan fingerprint density at radius 3 is 2.88 bits per heavy atom. The number of ether oxygens (including phenoxy) is 1. The Morgan fingerprint density at radius 2 is 2.25 bits per heavy atom. The van der Waals surface area contributed by atoms with E-state index in [9.17, 15) is 0 Å². The van der Waals surface area contributed by atoms with Crippen LogP contribution in [0.2, 0.25) is 0 Å². The highest BCUT2D eigenvalue weighted by atomic mass is 16.5. The smallest absolute Gasteiger partial charge is 0.140 e. The van der Waals surface area contributed by atoms with Crippen molar-refractivity contribution in [2.24, 2.45) is 11.8 Å². The van der Waals surface area contributed by atoms with Crippen molar-refractivity contribution in [1.29, 1.82) is 0 Å². The van der Waals surface area contributed by atoms with Gasteiger partial charge < -0.3 is 4.74 Å². The molecule has 0 aliphatic heterocycles. The maximum absolute atomic E-state index is 5.88. The second-order valence-corrected chi connectivity index (χ2v) is 5.15. The molecular formula is C14H21NO. The maximum atomic E-state index is 5.88. The summed E-state index contributed by atoms with van der Waals surface area (Å²) in [4.78, 5) is 4.42. The van der Waals surface area contributed by atoms with Crippen LogP contribution < -0.4 is 4.74 Å². The zero-order chi connectivity index (χ0) is 11.4. The van der Waals surface area contributed by atoms with Crippen LogP contribution in [0, 0.1) is 11.8 Å². The second kappa shape index (κ2) is 5.33. The van der Waals surface area contributed by atoms with Crippen molar-refractivity contribution in [2.45, 2.75) is 39.5 Å².